The third-order valence-electron chi connectivity index (χ3n) is 2.76. The Morgan fingerprint density at radius 3 is 1.65 bits per heavy atom. The largest absolute Gasteiger partial charge is 0.390 e. The second-order valence-corrected chi connectivity index (χ2v) is 4.06. The molecule has 7 nitrogen and oxygen atoms in total. The predicted octanol–water partition coefficient (Wildman–Crippen LogP) is -1.39. The van der Waals surface area contributed by atoms with Crippen molar-refractivity contribution in [3.8, 4) is 0 Å². The van der Waals surface area contributed by atoms with Gasteiger partial charge in [-0.1, -0.05) is 0 Å². The van der Waals surface area contributed by atoms with Gasteiger partial charge in [-0.2, -0.15) is 0 Å². The molecule has 92 valence electrons. The van der Waals surface area contributed by atoms with Crippen molar-refractivity contribution < 1.29 is 23.9 Å². The van der Waals surface area contributed by atoms with Crippen LogP contribution in [0.3, 0.4) is 0 Å². The summed E-state index contributed by atoms with van der Waals surface area (Å²) in [6.07, 6.45) is 1.19. The van der Waals surface area contributed by atoms with Crippen LogP contribution in [0, 0.1) is 0 Å². The summed E-state index contributed by atoms with van der Waals surface area (Å²) in [5.41, 5.74) is 0. The lowest BCUT2D eigenvalue weighted by molar-refractivity contribution is -0.162. The Bertz CT molecular complexity index is 356. The van der Waals surface area contributed by atoms with Crippen molar-refractivity contribution in [3.63, 3.8) is 0 Å². The molecule has 0 aliphatic carbocycles. The van der Waals surface area contributed by atoms with Gasteiger partial charge >= 0.3 is 11.9 Å². The number of carbonyl (C=O) groups is 4. The Morgan fingerprint density at radius 1 is 0.941 bits per heavy atom. The van der Waals surface area contributed by atoms with Gasteiger partial charge in [0.2, 0.25) is 11.8 Å². The molecular formula is C10H12N2O5. The molecule has 2 atom stereocenters. The molecular weight excluding hydrogens is 228 g/mol. The lowest BCUT2D eigenvalue weighted by Gasteiger charge is -2.11. The van der Waals surface area contributed by atoms with E-state index in [0.717, 1.165) is 0 Å². The van der Waals surface area contributed by atoms with Crippen molar-refractivity contribution in [2.45, 2.75) is 37.8 Å². The van der Waals surface area contributed by atoms with E-state index in [1.54, 1.807) is 0 Å². The molecule has 17 heavy (non-hydrogen) atoms. The SMILES string of the molecule is O=C1CC[C@@H](C(=O)OC(=O)[C@@H]2CCC(=O)N2)N1. The van der Waals surface area contributed by atoms with Gasteiger partial charge in [-0.25, -0.2) is 9.59 Å². The van der Waals surface area contributed by atoms with Crippen molar-refractivity contribution >= 4 is 23.8 Å². The van der Waals surface area contributed by atoms with Gasteiger partial charge < -0.3 is 15.4 Å². The monoisotopic (exact) mass is 240 g/mol. The highest BCUT2D eigenvalue weighted by Gasteiger charge is 2.34. The Kier molecular flexibility index (Phi) is 3.08. The number of esters is 2. The first kappa shape index (κ1) is 11.6. The van der Waals surface area contributed by atoms with Gasteiger partial charge in [0, 0.05) is 12.8 Å². The average Bonchev–Trinajstić information content (AvgIpc) is 2.87. The maximum absolute atomic E-state index is 11.5. The van der Waals surface area contributed by atoms with Gasteiger partial charge in [-0.05, 0) is 12.8 Å². The summed E-state index contributed by atoms with van der Waals surface area (Å²) in [6.45, 7) is 0. The lowest BCUT2D eigenvalue weighted by Crippen LogP contribution is -2.40. The summed E-state index contributed by atoms with van der Waals surface area (Å²) in [7, 11) is 0. The number of ether oxygens (including phenoxy) is 1. The van der Waals surface area contributed by atoms with Crippen LogP contribution in [0.15, 0.2) is 0 Å². The minimum atomic E-state index is -0.762. The highest BCUT2D eigenvalue weighted by Crippen LogP contribution is 2.11. The molecule has 7 heteroatoms. The summed E-state index contributed by atoms with van der Waals surface area (Å²) in [4.78, 5) is 44.7. The van der Waals surface area contributed by atoms with Crippen LogP contribution in [-0.4, -0.2) is 35.8 Å². The molecule has 2 fully saturated rings. The van der Waals surface area contributed by atoms with E-state index in [4.69, 9.17) is 0 Å². The van der Waals surface area contributed by atoms with Crippen LogP contribution in [0.2, 0.25) is 0 Å². The molecule has 0 aromatic heterocycles. The number of rotatable bonds is 2. The Morgan fingerprint density at radius 2 is 1.35 bits per heavy atom. The zero-order chi connectivity index (χ0) is 12.4. The molecule has 0 radical (unpaired) electrons. The highest BCUT2D eigenvalue weighted by atomic mass is 16.6. The van der Waals surface area contributed by atoms with E-state index in [1.807, 2.05) is 0 Å². The topological polar surface area (TPSA) is 102 Å². The van der Waals surface area contributed by atoms with Gasteiger partial charge in [-0.3, -0.25) is 9.59 Å². The maximum Gasteiger partial charge on any atom is 0.336 e. The molecule has 2 saturated heterocycles. The second-order valence-electron chi connectivity index (χ2n) is 4.06. The third kappa shape index (κ3) is 2.61. The average molecular weight is 240 g/mol. The van der Waals surface area contributed by atoms with Crippen LogP contribution >= 0.6 is 0 Å². The van der Waals surface area contributed by atoms with E-state index in [2.05, 4.69) is 15.4 Å². The van der Waals surface area contributed by atoms with Crippen LogP contribution in [0.4, 0.5) is 0 Å². The Balaban J connectivity index is 1.84. The Hall–Kier alpha value is -1.92. The summed E-state index contributed by atoms with van der Waals surface area (Å²) in [5, 5.41) is 4.81. The second kappa shape index (κ2) is 4.52. The minimum Gasteiger partial charge on any atom is -0.390 e. The first-order valence-corrected chi connectivity index (χ1v) is 5.40. The van der Waals surface area contributed by atoms with Crippen LogP contribution in [-0.2, 0) is 23.9 Å². The molecule has 0 aromatic carbocycles. The summed E-state index contributed by atoms with van der Waals surface area (Å²) >= 11 is 0. The molecule has 2 heterocycles. The first-order valence-electron chi connectivity index (χ1n) is 5.40. The number of hydrogen-bond acceptors (Lipinski definition) is 5. The van der Waals surface area contributed by atoms with Crippen molar-refractivity contribution in [1.82, 2.24) is 10.6 Å². The van der Waals surface area contributed by atoms with E-state index in [1.165, 1.54) is 0 Å². The summed E-state index contributed by atoms with van der Waals surface area (Å²) < 4.78 is 4.61. The number of nitrogens with one attached hydrogen (secondary N) is 2. The molecule has 2 amide bonds. The zero-order valence-corrected chi connectivity index (χ0v) is 9.02. The normalized spacial score (nSPS) is 27.5. The molecule has 0 bridgehead atoms. The smallest absolute Gasteiger partial charge is 0.336 e. The van der Waals surface area contributed by atoms with Crippen LogP contribution in [0.25, 0.3) is 0 Å². The molecule has 2 N–H and O–H groups in total. The fourth-order valence-corrected chi connectivity index (χ4v) is 1.82. The van der Waals surface area contributed by atoms with Crippen molar-refractivity contribution in [2.24, 2.45) is 0 Å². The number of amides is 2. The van der Waals surface area contributed by atoms with Gasteiger partial charge in [0.25, 0.3) is 0 Å². The number of carbonyl (C=O) groups excluding carboxylic acids is 4. The summed E-state index contributed by atoms with van der Waals surface area (Å²) in [5.74, 6) is -1.98. The predicted molar refractivity (Wildman–Crippen MR) is 53.4 cm³/mol. The van der Waals surface area contributed by atoms with Crippen molar-refractivity contribution in [1.29, 1.82) is 0 Å². The third-order valence-corrected chi connectivity index (χ3v) is 2.76. The first-order chi connectivity index (χ1) is 8.06. The molecule has 0 spiro atoms. The van der Waals surface area contributed by atoms with Crippen molar-refractivity contribution in [3.05, 3.63) is 0 Å². The maximum atomic E-state index is 11.5. The van der Waals surface area contributed by atoms with E-state index >= 15 is 0 Å². The molecule has 2 rings (SSSR count). The molecule has 0 saturated carbocycles. The van der Waals surface area contributed by atoms with Crippen molar-refractivity contribution in [2.75, 3.05) is 0 Å². The lowest BCUT2D eigenvalue weighted by atomic mass is 10.2. The highest BCUT2D eigenvalue weighted by molar-refractivity contribution is 5.96. The molecule has 0 unspecified atom stereocenters. The van der Waals surface area contributed by atoms with Crippen LogP contribution in [0.1, 0.15) is 25.7 Å². The van der Waals surface area contributed by atoms with E-state index in [9.17, 15) is 19.2 Å². The van der Waals surface area contributed by atoms with E-state index < -0.39 is 24.0 Å². The van der Waals surface area contributed by atoms with Crippen LogP contribution in [0.5, 0.6) is 0 Å². The van der Waals surface area contributed by atoms with E-state index in [-0.39, 0.29) is 24.7 Å². The molecule has 2 aliphatic rings. The molecule has 0 aromatic rings. The van der Waals surface area contributed by atoms with Gasteiger partial charge in [0.15, 0.2) is 0 Å². The quantitative estimate of drug-likeness (QED) is 0.457. The summed E-state index contributed by atoms with van der Waals surface area (Å²) in [6, 6.07) is -1.49. The fourth-order valence-electron chi connectivity index (χ4n) is 1.82. The zero-order valence-electron chi connectivity index (χ0n) is 9.02. The van der Waals surface area contributed by atoms with Crippen LogP contribution < -0.4 is 10.6 Å². The van der Waals surface area contributed by atoms with Gasteiger partial charge in [0.05, 0.1) is 0 Å². The molecule has 2 aliphatic heterocycles. The fraction of sp³-hybridized carbons (Fsp3) is 0.600. The Labute approximate surface area is 96.9 Å². The minimum absolute atomic E-state index is 0.228. The standard InChI is InChI=1S/C10H12N2O5/c13-7-3-1-5(11-7)9(15)17-10(16)6-2-4-8(14)12-6/h5-6H,1-4H2,(H,11,13)(H,12,14)/t5-,6-/m0/s1. The van der Waals surface area contributed by atoms with Gasteiger partial charge in [-0.15, -0.1) is 0 Å². The number of hydrogen-bond donors (Lipinski definition) is 2. The van der Waals surface area contributed by atoms with Gasteiger partial charge in [0.1, 0.15) is 12.1 Å². The van der Waals surface area contributed by atoms with E-state index in [0.29, 0.717) is 12.8 Å².